The second-order valence-electron chi connectivity index (χ2n) is 4.64. The summed E-state index contributed by atoms with van der Waals surface area (Å²) >= 11 is 0. The topological polar surface area (TPSA) is 23.6 Å². The van der Waals surface area contributed by atoms with Crippen molar-refractivity contribution in [1.29, 1.82) is 0 Å². The maximum atomic E-state index is 12.3. The standard InChI is InChI=1S/C15H18N2O/c1-3-9-16-10-11-17(12-13(16)2)15(18)14-7-5-4-6-8-14/h1,4-8,13H,9-12H2,2H3. The molecule has 94 valence electrons. The molecule has 1 atom stereocenters. The van der Waals surface area contributed by atoms with Gasteiger partial charge in [0.15, 0.2) is 0 Å². The van der Waals surface area contributed by atoms with Crippen molar-refractivity contribution in [3.05, 3.63) is 35.9 Å². The summed E-state index contributed by atoms with van der Waals surface area (Å²) in [5.41, 5.74) is 0.759. The van der Waals surface area contributed by atoms with Gasteiger partial charge in [-0.3, -0.25) is 9.69 Å². The van der Waals surface area contributed by atoms with Crippen LogP contribution in [0.15, 0.2) is 30.3 Å². The number of hydrogen-bond donors (Lipinski definition) is 0. The lowest BCUT2D eigenvalue weighted by atomic mass is 10.1. The van der Waals surface area contributed by atoms with Crippen LogP contribution in [0.5, 0.6) is 0 Å². The van der Waals surface area contributed by atoms with Gasteiger partial charge in [0.2, 0.25) is 0 Å². The highest BCUT2D eigenvalue weighted by atomic mass is 16.2. The van der Waals surface area contributed by atoms with Gasteiger partial charge in [-0.05, 0) is 19.1 Å². The van der Waals surface area contributed by atoms with Crippen molar-refractivity contribution in [2.24, 2.45) is 0 Å². The van der Waals surface area contributed by atoms with Crippen LogP contribution in [0.4, 0.5) is 0 Å². The van der Waals surface area contributed by atoms with Crippen molar-refractivity contribution < 1.29 is 4.79 Å². The summed E-state index contributed by atoms with van der Waals surface area (Å²) in [7, 11) is 0. The first-order valence-corrected chi connectivity index (χ1v) is 6.24. The molecule has 18 heavy (non-hydrogen) atoms. The lowest BCUT2D eigenvalue weighted by Gasteiger charge is -2.39. The minimum Gasteiger partial charge on any atom is -0.336 e. The molecule has 1 saturated heterocycles. The zero-order chi connectivity index (χ0) is 13.0. The molecule has 1 fully saturated rings. The third kappa shape index (κ3) is 2.72. The fourth-order valence-electron chi connectivity index (χ4n) is 2.30. The average molecular weight is 242 g/mol. The Morgan fingerprint density at radius 2 is 2.11 bits per heavy atom. The van der Waals surface area contributed by atoms with Crippen LogP contribution < -0.4 is 0 Å². The highest BCUT2D eigenvalue weighted by Crippen LogP contribution is 2.12. The molecule has 0 N–H and O–H groups in total. The number of amides is 1. The number of rotatable bonds is 2. The zero-order valence-electron chi connectivity index (χ0n) is 10.7. The minimum atomic E-state index is 0.114. The first-order chi connectivity index (χ1) is 8.72. The predicted octanol–water partition coefficient (Wildman–Crippen LogP) is 1.47. The minimum absolute atomic E-state index is 0.114. The number of carbonyl (C=O) groups is 1. The van der Waals surface area contributed by atoms with Gasteiger partial charge in [0, 0.05) is 31.2 Å². The van der Waals surface area contributed by atoms with Crippen LogP contribution in [0.1, 0.15) is 17.3 Å². The van der Waals surface area contributed by atoms with Crippen LogP contribution in [-0.2, 0) is 0 Å². The molecule has 1 amide bonds. The van der Waals surface area contributed by atoms with E-state index in [1.54, 1.807) is 0 Å². The van der Waals surface area contributed by atoms with E-state index in [1.165, 1.54) is 0 Å². The second kappa shape index (κ2) is 5.70. The molecule has 3 nitrogen and oxygen atoms in total. The van der Waals surface area contributed by atoms with Crippen LogP contribution in [0, 0.1) is 12.3 Å². The van der Waals surface area contributed by atoms with Gasteiger partial charge in [-0.1, -0.05) is 24.1 Å². The van der Waals surface area contributed by atoms with E-state index in [-0.39, 0.29) is 5.91 Å². The molecule has 0 radical (unpaired) electrons. The Morgan fingerprint density at radius 3 is 2.72 bits per heavy atom. The number of terminal acetylenes is 1. The Morgan fingerprint density at radius 1 is 1.39 bits per heavy atom. The maximum absolute atomic E-state index is 12.3. The lowest BCUT2D eigenvalue weighted by molar-refractivity contribution is 0.0547. The predicted molar refractivity (Wildman–Crippen MR) is 72.2 cm³/mol. The quantitative estimate of drug-likeness (QED) is 0.733. The summed E-state index contributed by atoms with van der Waals surface area (Å²) in [5.74, 6) is 2.78. The molecular weight excluding hydrogens is 224 g/mol. The molecule has 1 heterocycles. The van der Waals surface area contributed by atoms with E-state index in [1.807, 2.05) is 35.2 Å². The molecular formula is C15H18N2O. The van der Waals surface area contributed by atoms with Crippen molar-refractivity contribution in [3.8, 4) is 12.3 Å². The van der Waals surface area contributed by atoms with Gasteiger partial charge in [-0.15, -0.1) is 6.42 Å². The number of nitrogens with zero attached hydrogens (tertiary/aromatic N) is 2. The molecule has 0 bridgehead atoms. The largest absolute Gasteiger partial charge is 0.336 e. The van der Waals surface area contributed by atoms with Crippen LogP contribution >= 0.6 is 0 Å². The van der Waals surface area contributed by atoms with Gasteiger partial charge < -0.3 is 4.90 Å². The van der Waals surface area contributed by atoms with E-state index in [0.717, 1.165) is 25.2 Å². The smallest absolute Gasteiger partial charge is 0.253 e. The normalized spacial score (nSPS) is 20.4. The van der Waals surface area contributed by atoms with Crippen LogP contribution in [0.2, 0.25) is 0 Å². The summed E-state index contributed by atoms with van der Waals surface area (Å²) in [6, 6.07) is 9.75. The van der Waals surface area contributed by atoms with Crippen molar-refractivity contribution in [2.75, 3.05) is 26.2 Å². The van der Waals surface area contributed by atoms with Crippen molar-refractivity contribution >= 4 is 5.91 Å². The molecule has 1 aliphatic rings. The fraction of sp³-hybridized carbons (Fsp3) is 0.400. The molecule has 1 aromatic rings. The van der Waals surface area contributed by atoms with E-state index in [0.29, 0.717) is 12.6 Å². The SMILES string of the molecule is C#CCN1CCN(C(=O)c2ccccc2)CC1C. The lowest BCUT2D eigenvalue weighted by Crippen LogP contribution is -2.53. The molecule has 3 heteroatoms. The maximum Gasteiger partial charge on any atom is 0.253 e. The van der Waals surface area contributed by atoms with Crippen molar-refractivity contribution in [1.82, 2.24) is 9.80 Å². The van der Waals surface area contributed by atoms with Gasteiger partial charge in [0.25, 0.3) is 5.91 Å². The summed E-state index contributed by atoms with van der Waals surface area (Å²) < 4.78 is 0. The highest BCUT2D eigenvalue weighted by Gasteiger charge is 2.26. The van der Waals surface area contributed by atoms with Gasteiger partial charge in [-0.2, -0.15) is 0 Å². The zero-order valence-corrected chi connectivity index (χ0v) is 10.7. The first-order valence-electron chi connectivity index (χ1n) is 6.24. The molecule has 1 aromatic carbocycles. The molecule has 0 saturated carbocycles. The van der Waals surface area contributed by atoms with Gasteiger partial charge in [0.05, 0.1) is 6.54 Å². The van der Waals surface area contributed by atoms with E-state index in [9.17, 15) is 4.79 Å². The summed E-state index contributed by atoms with van der Waals surface area (Å²) in [4.78, 5) is 16.4. The van der Waals surface area contributed by atoms with Crippen LogP contribution in [0.25, 0.3) is 0 Å². The van der Waals surface area contributed by atoms with E-state index in [2.05, 4.69) is 17.7 Å². The monoisotopic (exact) mass is 242 g/mol. The second-order valence-corrected chi connectivity index (χ2v) is 4.64. The third-order valence-corrected chi connectivity index (χ3v) is 3.37. The molecule has 0 aliphatic carbocycles. The van der Waals surface area contributed by atoms with Gasteiger partial charge in [-0.25, -0.2) is 0 Å². The van der Waals surface area contributed by atoms with Gasteiger partial charge in [0.1, 0.15) is 0 Å². The van der Waals surface area contributed by atoms with Crippen molar-refractivity contribution in [3.63, 3.8) is 0 Å². The summed E-state index contributed by atoms with van der Waals surface area (Å²) in [5, 5.41) is 0. The Kier molecular flexibility index (Phi) is 4.01. The number of hydrogen-bond acceptors (Lipinski definition) is 2. The van der Waals surface area contributed by atoms with Crippen LogP contribution in [0.3, 0.4) is 0 Å². The molecule has 1 aliphatic heterocycles. The van der Waals surface area contributed by atoms with E-state index >= 15 is 0 Å². The number of carbonyl (C=O) groups excluding carboxylic acids is 1. The summed E-state index contributed by atoms with van der Waals surface area (Å²) in [6.45, 7) is 5.12. The molecule has 0 aromatic heterocycles. The third-order valence-electron chi connectivity index (χ3n) is 3.37. The average Bonchev–Trinajstić information content (AvgIpc) is 2.41. The molecule has 0 spiro atoms. The van der Waals surface area contributed by atoms with E-state index < -0.39 is 0 Å². The Balaban J connectivity index is 2.01. The number of benzene rings is 1. The van der Waals surface area contributed by atoms with E-state index in [4.69, 9.17) is 6.42 Å². The fourth-order valence-corrected chi connectivity index (χ4v) is 2.30. The highest BCUT2D eigenvalue weighted by molar-refractivity contribution is 5.94. The van der Waals surface area contributed by atoms with Crippen LogP contribution in [-0.4, -0.2) is 47.9 Å². The van der Waals surface area contributed by atoms with Gasteiger partial charge >= 0.3 is 0 Å². The Hall–Kier alpha value is -1.79. The molecule has 1 unspecified atom stereocenters. The molecule has 2 rings (SSSR count). The number of piperazine rings is 1. The first kappa shape index (κ1) is 12.7. The Labute approximate surface area is 108 Å². The van der Waals surface area contributed by atoms with Crippen molar-refractivity contribution in [2.45, 2.75) is 13.0 Å². The summed E-state index contributed by atoms with van der Waals surface area (Å²) in [6.07, 6.45) is 5.33. The Bertz CT molecular complexity index is 449.